The molecule has 1 aromatic carbocycles. The van der Waals surface area contributed by atoms with Crippen molar-refractivity contribution >= 4 is 17.7 Å². The van der Waals surface area contributed by atoms with Crippen LogP contribution in [0.3, 0.4) is 0 Å². The lowest BCUT2D eigenvalue weighted by Crippen LogP contribution is -2.38. The molecule has 1 fully saturated rings. The quantitative estimate of drug-likeness (QED) is 0.368. The van der Waals surface area contributed by atoms with Crippen molar-refractivity contribution in [1.29, 1.82) is 5.26 Å². The van der Waals surface area contributed by atoms with Crippen LogP contribution < -0.4 is 10.6 Å². The molecule has 8 heteroatoms. The van der Waals surface area contributed by atoms with Gasteiger partial charge in [0.15, 0.2) is 0 Å². The van der Waals surface area contributed by atoms with E-state index in [0.29, 0.717) is 6.42 Å². The monoisotopic (exact) mass is 416 g/mol. The number of hydrogen-bond acceptors (Lipinski definition) is 7. The normalized spacial score (nSPS) is 17.1. The van der Waals surface area contributed by atoms with Gasteiger partial charge in [-0.1, -0.05) is 12.1 Å². The Hall–Kier alpha value is -2.44. The standard InChI is InChI=1S/C22H32N4O4/c1-17(27)13-21(29-2)16-25-22(28)19(15-23)14-18-3-5-20(6-4-18)24-7-8-26-9-11-30-12-10-26/h3-6,14,17,21,24,27H,7-13,16H2,1-2H3,(H,25,28)/b19-14+. The van der Waals surface area contributed by atoms with E-state index in [1.165, 1.54) is 7.11 Å². The summed E-state index contributed by atoms with van der Waals surface area (Å²) in [6.45, 7) is 7.21. The first-order chi connectivity index (χ1) is 14.5. The van der Waals surface area contributed by atoms with Crippen LogP contribution >= 0.6 is 0 Å². The van der Waals surface area contributed by atoms with E-state index < -0.39 is 12.0 Å². The Kier molecular flexibility index (Phi) is 10.3. The number of aliphatic hydroxyl groups excluding tert-OH is 1. The Morgan fingerprint density at radius 3 is 2.67 bits per heavy atom. The Balaban J connectivity index is 1.84. The van der Waals surface area contributed by atoms with Gasteiger partial charge in [0.2, 0.25) is 0 Å². The van der Waals surface area contributed by atoms with Crippen LogP contribution in [0.15, 0.2) is 29.8 Å². The van der Waals surface area contributed by atoms with Gasteiger partial charge in [-0.25, -0.2) is 0 Å². The second kappa shape index (κ2) is 13.0. The maximum absolute atomic E-state index is 12.3. The van der Waals surface area contributed by atoms with Gasteiger partial charge in [-0.05, 0) is 30.7 Å². The second-order valence-electron chi connectivity index (χ2n) is 7.33. The first-order valence-corrected chi connectivity index (χ1v) is 10.3. The molecule has 2 rings (SSSR count). The maximum Gasteiger partial charge on any atom is 0.262 e. The summed E-state index contributed by atoms with van der Waals surface area (Å²) in [5.74, 6) is -0.460. The zero-order valence-electron chi connectivity index (χ0n) is 17.8. The number of carbonyl (C=O) groups excluding carboxylic acids is 1. The summed E-state index contributed by atoms with van der Waals surface area (Å²) >= 11 is 0. The van der Waals surface area contributed by atoms with E-state index >= 15 is 0 Å². The lowest BCUT2D eigenvalue weighted by atomic mass is 10.1. The average Bonchev–Trinajstić information content (AvgIpc) is 2.76. The molecule has 3 N–H and O–H groups in total. The fourth-order valence-electron chi connectivity index (χ4n) is 3.14. The molecule has 164 valence electrons. The number of aliphatic hydroxyl groups is 1. The number of morpholine rings is 1. The van der Waals surface area contributed by atoms with E-state index in [4.69, 9.17) is 9.47 Å². The predicted molar refractivity (Wildman–Crippen MR) is 116 cm³/mol. The molecule has 2 atom stereocenters. The molecule has 1 heterocycles. The number of carbonyl (C=O) groups is 1. The van der Waals surface area contributed by atoms with Gasteiger partial charge < -0.3 is 25.2 Å². The summed E-state index contributed by atoms with van der Waals surface area (Å²) in [4.78, 5) is 14.7. The lowest BCUT2D eigenvalue weighted by molar-refractivity contribution is -0.117. The molecular formula is C22H32N4O4. The van der Waals surface area contributed by atoms with E-state index in [9.17, 15) is 15.2 Å². The fourth-order valence-corrected chi connectivity index (χ4v) is 3.14. The van der Waals surface area contributed by atoms with Gasteiger partial charge in [0.1, 0.15) is 11.6 Å². The topological polar surface area (TPSA) is 107 Å². The molecule has 0 radical (unpaired) electrons. The Morgan fingerprint density at radius 2 is 2.07 bits per heavy atom. The number of anilines is 1. The number of amides is 1. The van der Waals surface area contributed by atoms with Crippen LogP contribution in [0.2, 0.25) is 0 Å². The molecule has 1 saturated heterocycles. The number of ether oxygens (including phenoxy) is 2. The highest BCUT2D eigenvalue weighted by molar-refractivity contribution is 6.01. The van der Waals surface area contributed by atoms with Crippen molar-refractivity contribution in [3.63, 3.8) is 0 Å². The van der Waals surface area contributed by atoms with Gasteiger partial charge in [0, 0.05) is 51.9 Å². The van der Waals surface area contributed by atoms with Crippen LogP contribution in [0.1, 0.15) is 18.9 Å². The molecular weight excluding hydrogens is 384 g/mol. The van der Waals surface area contributed by atoms with Gasteiger partial charge in [0.05, 0.1) is 25.4 Å². The summed E-state index contributed by atoms with van der Waals surface area (Å²) in [6, 6.07) is 9.55. The first-order valence-electron chi connectivity index (χ1n) is 10.3. The summed E-state index contributed by atoms with van der Waals surface area (Å²) < 4.78 is 10.6. The highest BCUT2D eigenvalue weighted by atomic mass is 16.5. The van der Waals surface area contributed by atoms with Crippen molar-refractivity contribution < 1.29 is 19.4 Å². The van der Waals surface area contributed by atoms with Crippen molar-refractivity contribution in [3.8, 4) is 6.07 Å². The van der Waals surface area contributed by atoms with Crippen molar-refractivity contribution in [3.05, 3.63) is 35.4 Å². The maximum atomic E-state index is 12.3. The van der Waals surface area contributed by atoms with E-state index in [1.807, 2.05) is 30.3 Å². The SMILES string of the molecule is COC(CNC(=O)/C(C#N)=C/c1ccc(NCCN2CCOCC2)cc1)CC(C)O. The zero-order valence-corrected chi connectivity index (χ0v) is 17.8. The highest BCUT2D eigenvalue weighted by Crippen LogP contribution is 2.13. The van der Waals surface area contributed by atoms with Crippen molar-refractivity contribution in [1.82, 2.24) is 10.2 Å². The highest BCUT2D eigenvalue weighted by Gasteiger charge is 2.15. The van der Waals surface area contributed by atoms with E-state index in [-0.39, 0.29) is 18.2 Å². The van der Waals surface area contributed by atoms with Crippen molar-refractivity contribution in [2.24, 2.45) is 0 Å². The van der Waals surface area contributed by atoms with Gasteiger partial charge in [0.25, 0.3) is 5.91 Å². The lowest BCUT2D eigenvalue weighted by Gasteiger charge is -2.26. The van der Waals surface area contributed by atoms with Gasteiger partial charge in [-0.3, -0.25) is 9.69 Å². The van der Waals surface area contributed by atoms with E-state index in [0.717, 1.165) is 50.6 Å². The third-order valence-corrected chi connectivity index (χ3v) is 4.88. The summed E-state index contributed by atoms with van der Waals surface area (Å²) in [7, 11) is 1.52. The molecule has 0 aliphatic carbocycles. The van der Waals surface area contributed by atoms with E-state index in [1.54, 1.807) is 13.0 Å². The third kappa shape index (κ3) is 8.51. The van der Waals surface area contributed by atoms with Crippen molar-refractivity contribution in [2.45, 2.75) is 25.6 Å². The Morgan fingerprint density at radius 1 is 1.37 bits per heavy atom. The zero-order chi connectivity index (χ0) is 21.8. The second-order valence-corrected chi connectivity index (χ2v) is 7.33. The Bertz CT molecular complexity index is 722. The fraction of sp³-hybridized carbons (Fsp3) is 0.545. The minimum atomic E-state index is -0.529. The molecule has 1 amide bonds. The molecule has 0 aromatic heterocycles. The minimum Gasteiger partial charge on any atom is -0.393 e. The number of rotatable bonds is 11. The molecule has 0 saturated carbocycles. The summed E-state index contributed by atoms with van der Waals surface area (Å²) in [5, 5.41) is 24.9. The van der Waals surface area contributed by atoms with Crippen LogP contribution in [0.25, 0.3) is 6.08 Å². The number of nitriles is 1. The number of nitrogens with one attached hydrogen (secondary N) is 2. The number of benzene rings is 1. The molecule has 1 aromatic rings. The van der Waals surface area contributed by atoms with Crippen LogP contribution in [0.5, 0.6) is 0 Å². The number of nitrogens with zero attached hydrogens (tertiary/aromatic N) is 2. The molecule has 8 nitrogen and oxygen atoms in total. The smallest absolute Gasteiger partial charge is 0.262 e. The molecule has 0 bridgehead atoms. The number of methoxy groups -OCH3 is 1. The molecule has 1 aliphatic rings. The Labute approximate surface area is 178 Å². The van der Waals surface area contributed by atoms with Crippen LogP contribution in [0.4, 0.5) is 5.69 Å². The van der Waals surface area contributed by atoms with Gasteiger partial charge >= 0.3 is 0 Å². The summed E-state index contributed by atoms with van der Waals surface area (Å²) in [5.41, 5.74) is 1.78. The third-order valence-electron chi connectivity index (χ3n) is 4.88. The van der Waals surface area contributed by atoms with Crippen LogP contribution in [-0.4, -0.2) is 81.2 Å². The van der Waals surface area contributed by atoms with Gasteiger partial charge in [-0.15, -0.1) is 0 Å². The molecule has 30 heavy (non-hydrogen) atoms. The van der Waals surface area contributed by atoms with E-state index in [2.05, 4.69) is 15.5 Å². The molecule has 0 spiro atoms. The minimum absolute atomic E-state index is 0.0231. The predicted octanol–water partition coefficient (Wildman–Crippen LogP) is 1.24. The van der Waals surface area contributed by atoms with Gasteiger partial charge in [-0.2, -0.15) is 5.26 Å². The summed E-state index contributed by atoms with van der Waals surface area (Å²) in [6.07, 6.45) is 1.13. The average molecular weight is 417 g/mol. The van der Waals surface area contributed by atoms with Crippen LogP contribution in [0, 0.1) is 11.3 Å². The molecule has 1 aliphatic heterocycles. The first kappa shape index (κ1) is 23.8. The number of hydrogen-bond donors (Lipinski definition) is 3. The largest absolute Gasteiger partial charge is 0.393 e. The van der Waals surface area contributed by atoms with Crippen molar-refractivity contribution in [2.75, 3.05) is 58.4 Å². The molecule has 2 unspecified atom stereocenters. The van der Waals surface area contributed by atoms with Crippen LogP contribution in [-0.2, 0) is 14.3 Å².